The minimum Gasteiger partial charge on any atom is -0.491 e. The van der Waals surface area contributed by atoms with Gasteiger partial charge in [-0.15, -0.1) is 0 Å². The summed E-state index contributed by atoms with van der Waals surface area (Å²) in [6.45, 7) is 9.77. The lowest BCUT2D eigenvalue weighted by Crippen LogP contribution is -2.33. The zero-order valence-corrected chi connectivity index (χ0v) is 14.1. The summed E-state index contributed by atoms with van der Waals surface area (Å²) in [6, 6.07) is 9.34. The summed E-state index contributed by atoms with van der Waals surface area (Å²) in [5, 5.41) is 3.63. The SMILES string of the molecule is CC(C)NCC1CCCCC1c1cccc(OC(C)C)c1. The maximum Gasteiger partial charge on any atom is 0.119 e. The molecule has 1 aromatic rings. The molecule has 1 aliphatic rings. The van der Waals surface area contributed by atoms with E-state index in [-0.39, 0.29) is 6.10 Å². The molecule has 2 unspecified atom stereocenters. The Balaban J connectivity index is 2.09. The Bertz CT molecular complexity index is 427. The summed E-state index contributed by atoms with van der Waals surface area (Å²) in [6.07, 6.45) is 5.64. The van der Waals surface area contributed by atoms with E-state index in [9.17, 15) is 0 Å². The van der Waals surface area contributed by atoms with Gasteiger partial charge in [-0.25, -0.2) is 0 Å². The second kappa shape index (κ2) is 7.84. The molecule has 0 saturated heterocycles. The third kappa shape index (κ3) is 5.03. The Kier molecular flexibility index (Phi) is 6.10. The molecule has 2 nitrogen and oxygen atoms in total. The zero-order chi connectivity index (χ0) is 15.2. The molecule has 0 radical (unpaired) electrons. The Morgan fingerprint density at radius 1 is 1.14 bits per heavy atom. The smallest absolute Gasteiger partial charge is 0.119 e. The summed E-state index contributed by atoms with van der Waals surface area (Å²) < 4.78 is 5.86. The molecule has 2 atom stereocenters. The van der Waals surface area contributed by atoms with E-state index in [2.05, 4.69) is 57.3 Å². The molecule has 1 aromatic carbocycles. The third-order valence-electron chi connectivity index (χ3n) is 4.36. The number of ether oxygens (including phenoxy) is 1. The minimum absolute atomic E-state index is 0.241. The van der Waals surface area contributed by atoms with Crippen molar-refractivity contribution in [1.82, 2.24) is 5.32 Å². The van der Waals surface area contributed by atoms with Gasteiger partial charge in [-0.05, 0) is 62.8 Å². The van der Waals surface area contributed by atoms with E-state index in [0.29, 0.717) is 12.0 Å². The Morgan fingerprint density at radius 3 is 2.62 bits per heavy atom. The highest BCUT2D eigenvalue weighted by atomic mass is 16.5. The van der Waals surface area contributed by atoms with Crippen LogP contribution in [-0.4, -0.2) is 18.7 Å². The van der Waals surface area contributed by atoms with Crippen molar-refractivity contribution in [2.45, 2.75) is 71.4 Å². The second-order valence-electron chi connectivity index (χ2n) is 6.95. The van der Waals surface area contributed by atoms with E-state index in [1.807, 2.05) is 0 Å². The maximum atomic E-state index is 5.86. The van der Waals surface area contributed by atoms with Crippen LogP contribution in [0.15, 0.2) is 24.3 Å². The molecule has 0 spiro atoms. The summed E-state index contributed by atoms with van der Waals surface area (Å²) in [5.41, 5.74) is 1.46. The molecule has 21 heavy (non-hydrogen) atoms. The Morgan fingerprint density at radius 2 is 1.90 bits per heavy atom. The molecule has 0 aliphatic heterocycles. The highest BCUT2D eigenvalue weighted by Gasteiger charge is 2.26. The molecular weight excluding hydrogens is 258 g/mol. The van der Waals surface area contributed by atoms with Crippen LogP contribution in [-0.2, 0) is 0 Å². The number of nitrogens with one attached hydrogen (secondary N) is 1. The molecule has 2 heteroatoms. The summed E-state index contributed by atoms with van der Waals surface area (Å²) in [4.78, 5) is 0. The van der Waals surface area contributed by atoms with Crippen molar-refractivity contribution in [1.29, 1.82) is 0 Å². The standard InChI is InChI=1S/C19H31NO/c1-14(2)20-13-17-8-5-6-11-19(17)16-9-7-10-18(12-16)21-15(3)4/h7,9-10,12,14-15,17,19-20H,5-6,8,11,13H2,1-4H3. The molecule has 2 rings (SSSR count). The summed E-state index contributed by atoms with van der Waals surface area (Å²) >= 11 is 0. The quantitative estimate of drug-likeness (QED) is 0.816. The zero-order valence-electron chi connectivity index (χ0n) is 14.1. The highest BCUT2D eigenvalue weighted by Crippen LogP contribution is 2.38. The lowest BCUT2D eigenvalue weighted by molar-refractivity contribution is 0.241. The van der Waals surface area contributed by atoms with E-state index in [4.69, 9.17) is 4.74 Å². The van der Waals surface area contributed by atoms with Crippen LogP contribution in [0, 0.1) is 5.92 Å². The Hall–Kier alpha value is -1.02. The van der Waals surface area contributed by atoms with Gasteiger partial charge >= 0.3 is 0 Å². The molecule has 1 saturated carbocycles. The average molecular weight is 289 g/mol. The highest BCUT2D eigenvalue weighted by molar-refractivity contribution is 5.31. The van der Waals surface area contributed by atoms with Crippen molar-refractivity contribution in [2.24, 2.45) is 5.92 Å². The first-order valence-corrected chi connectivity index (χ1v) is 8.56. The fourth-order valence-corrected chi connectivity index (χ4v) is 3.37. The first kappa shape index (κ1) is 16.4. The van der Waals surface area contributed by atoms with Gasteiger partial charge in [0, 0.05) is 6.04 Å². The van der Waals surface area contributed by atoms with E-state index < -0.39 is 0 Å². The number of benzene rings is 1. The molecule has 0 bridgehead atoms. The van der Waals surface area contributed by atoms with Crippen LogP contribution < -0.4 is 10.1 Å². The molecule has 0 heterocycles. The van der Waals surface area contributed by atoms with Gasteiger partial charge in [0.05, 0.1) is 6.10 Å². The van der Waals surface area contributed by atoms with Crippen LogP contribution in [0.2, 0.25) is 0 Å². The van der Waals surface area contributed by atoms with Gasteiger partial charge < -0.3 is 10.1 Å². The molecule has 0 amide bonds. The topological polar surface area (TPSA) is 21.3 Å². The largest absolute Gasteiger partial charge is 0.491 e. The van der Waals surface area contributed by atoms with Crippen LogP contribution >= 0.6 is 0 Å². The van der Waals surface area contributed by atoms with Crippen molar-refractivity contribution in [3.63, 3.8) is 0 Å². The monoisotopic (exact) mass is 289 g/mol. The first-order valence-electron chi connectivity index (χ1n) is 8.56. The molecular formula is C19H31NO. The second-order valence-corrected chi connectivity index (χ2v) is 6.95. The van der Waals surface area contributed by atoms with Crippen molar-refractivity contribution in [3.8, 4) is 5.75 Å². The van der Waals surface area contributed by atoms with Gasteiger partial charge in [-0.1, -0.05) is 38.8 Å². The van der Waals surface area contributed by atoms with Crippen molar-refractivity contribution in [2.75, 3.05) is 6.54 Å². The summed E-state index contributed by atoms with van der Waals surface area (Å²) in [5.74, 6) is 2.46. The van der Waals surface area contributed by atoms with E-state index in [1.165, 1.54) is 31.2 Å². The summed E-state index contributed by atoms with van der Waals surface area (Å²) in [7, 11) is 0. The van der Waals surface area contributed by atoms with Crippen LogP contribution in [0.1, 0.15) is 64.9 Å². The molecule has 1 aliphatic carbocycles. The fraction of sp³-hybridized carbons (Fsp3) is 0.684. The van der Waals surface area contributed by atoms with Crippen LogP contribution in [0.4, 0.5) is 0 Å². The van der Waals surface area contributed by atoms with Gasteiger partial charge in [0.2, 0.25) is 0 Å². The predicted molar refractivity (Wildman–Crippen MR) is 90.0 cm³/mol. The van der Waals surface area contributed by atoms with Gasteiger partial charge in [0.15, 0.2) is 0 Å². The van der Waals surface area contributed by atoms with Gasteiger partial charge in [-0.3, -0.25) is 0 Å². The van der Waals surface area contributed by atoms with Gasteiger partial charge in [0.25, 0.3) is 0 Å². The minimum atomic E-state index is 0.241. The van der Waals surface area contributed by atoms with Crippen LogP contribution in [0.5, 0.6) is 5.75 Å². The van der Waals surface area contributed by atoms with E-state index in [0.717, 1.165) is 18.2 Å². The maximum absolute atomic E-state index is 5.86. The fourth-order valence-electron chi connectivity index (χ4n) is 3.37. The molecule has 1 fully saturated rings. The van der Waals surface area contributed by atoms with Crippen molar-refractivity contribution < 1.29 is 4.74 Å². The molecule has 1 N–H and O–H groups in total. The number of hydrogen-bond acceptors (Lipinski definition) is 2. The van der Waals surface area contributed by atoms with Gasteiger partial charge in [-0.2, -0.15) is 0 Å². The van der Waals surface area contributed by atoms with Gasteiger partial charge in [0.1, 0.15) is 5.75 Å². The van der Waals surface area contributed by atoms with Crippen LogP contribution in [0.3, 0.4) is 0 Å². The Labute approximate surface area is 130 Å². The normalized spacial score (nSPS) is 22.8. The number of rotatable bonds is 6. The van der Waals surface area contributed by atoms with Crippen molar-refractivity contribution in [3.05, 3.63) is 29.8 Å². The van der Waals surface area contributed by atoms with Crippen LogP contribution in [0.25, 0.3) is 0 Å². The molecule has 0 aromatic heterocycles. The third-order valence-corrected chi connectivity index (χ3v) is 4.36. The lowest BCUT2D eigenvalue weighted by Gasteiger charge is -2.33. The molecule has 118 valence electrons. The van der Waals surface area contributed by atoms with E-state index >= 15 is 0 Å². The predicted octanol–water partition coefficient (Wildman–Crippen LogP) is 4.75. The average Bonchev–Trinajstić information content (AvgIpc) is 2.45. The van der Waals surface area contributed by atoms with E-state index in [1.54, 1.807) is 0 Å². The lowest BCUT2D eigenvalue weighted by atomic mass is 9.75. The van der Waals surface area contributed by atoms with Crippen molar-refractivity contribution >= 4 is 0 Å². The number of hydrogen-bond donors (Lipinski definition) is 1. The first-order chi connectivity index (χ1) is 10.1.